The standard InChI is InChI=1S/C11H9ClF2O4/c1-3-18-11(16)10(15)7-5(13)4-6(17-2)8(12)9(7)14/h4H,3H2,1-2H3. The smallest absolute Gasteiger partial charge is 0.379 e. The van der Waals surface area contributed by atoms with Crippen LogP contribution in [0, 0.1) is 11.6 Å². The van der Waals surface area contributed by atoms with Crippen LogP contribution in [-0.2, 0) is 9.53 Å². The van der Waals surface area contributed by atoms with Gasteiger partial charge in [0.1, 0.15) is 22.2 Å². The molecule has 7 heteroatoms. The summed E-state index contributed by atoms with van der Waals surface area (Å²) in [5, 5.41) is -0.577. The van der Waals surface area contributed by atoms with Gasteiger partial charge in [0.25, 0.3) is 5.78 Å². The second kappa shape index (κ2) is 5.77. The molecule has 1 aromatic rings. The molecule has 0 bridgehead atoms. The number of benzene rings is 1. The maximum absolute atomic E-state index is 13.7. The van der Waals surface area contributed by atoms with Gasteiger partial charge in [-0.15, -0.1) is 0 Å². The van der Waals surface area contributed by atoms with Crippen LogP contribution in [0.25, 0.3) is 0 Å². The van der Waals surface area contributed by atoms with Crippen molar-refractivity contribution < 1.29 is 27.8 Å². The number of ether oxygens (including phenoxy) is 2. The van der Waals surface area contributed by atoms with Crippen LogP contribution in [0.1, 0.15) is 17.3 Å². The highest BCUT2D eigenvalue weighted by molar-refractivity contribution is 6.41. The second-order valence-electron chi connectivity index (χ2n) is 3.11. The normalized spacial score (nSPS) is 10.1. The quantitative estimate of drug-likeness (QED) is 0.367. The maximum Gasteiger partial charge on any atom is 0.379 e. The molecule has 0 fully saturated rings. The van der Waals surface area contributed by atoms with Crippen molar-refractivity contribution in [2.75, 3.05) is 13.7 Å². The Labute approximate surface area is 106 Å². The molecule has 0 aliphatic carbocycles. The van der Waals surface area contributed by atoms with Crippen LogP contribution in [-0.4, -0.2) is 25.5 Å². The minimum absolute atomic E-state index is 0.0856. The van der Waals surface area contributed by atoms with Gasteiger partial charge in [-0.3, -0.25) is 4.79 Å². The molecule has 0 N–H and O–H groups in total. The Balaban J connectivity index is 3.30. The van der Waals surface area contributed by atoms with Crippen LogP contribution in [0.5, 0.6) is 5.75 Å². The fraction of sp³-hybridized carbons (Fsp3) is 0.273. The zero-order valence-corrected chi connectivity index (χ0v) is 10.3. The fourth-order valence-corrected chi connectivity index (χ4v) is 1.45. The lowest BCUT2D eigenvalue weighted by atomic mass is 10.1. The molecule has 0 unspecified atom stereocenters. The van der Waals surface area contributed by atoms with Gasteiger partial charge in [0, 0.05) is 6.07 Å². The van der Waals surface area contributed by atoms with E-state index in [2.05, 4.69) is 9.47 Å². The van der Waals surface area contributed by atoms with E-state index in [1.807, 2.05) is 0 Å². The minimum atomic E-state index is -1.43. The molecule has 0 aliphatic rings. The monoisotopic (exact) mass is 278 g/mol. The Kier molecular flexibility index (Phi) is 4.61. The van der Waals surface area contributed by atoms with Gasteiger partial charge in [-0.1, -0.05) is 11.6 Å². The molecular formula is C11H9ClF2O4. The number of esters is 1. The van der Waals surface area contributed by atoms with E-state index in [0.29, 0.717) is 0 Å². The number of hydrogen-bond donors (Lipinski definition) is 0. The molecule has 4 nitrogen and oxygen atoms in total. The molecule has 98 valence electrons. The van der Waals surface area contributed by atoms with E-state index in [-0.39, 0.29) is 12.4 Å². The number of halogens is 3. The molecule has 0 aromatic heterocycles. The Bertz CT molecular complexity index is 502. The summed E-state index contributed by atoms with van der Waals surface area (Å²) < 4.78 is 36.2. The van der Waals surface area contributed by atoms with Gasteiger partial charge >= 0.3 is 5.97 Å². The van der Waals surface area contributed by atoms with Gasteiger partial charge < -0.3 is 9.47 Å². The van der Waals surface area contributed by atoms with Crippen LogP contribution in [0.2, 0.25) is 5.02 Å². The van der Waals surface area contributed by atoms with E-state index in [1.54, 1.807) is 0 Å². The number of rotatable bonds is 4. The predicted molar refractivity (Wildman–Crippen MR) is 58.9 cm³/mol. The molecule has 0 saturated carbocycles. The van der Waals surface area contributed by atoms with Crippen molar-refractivity contribution in [3.8, 4) is 5.75 Å². The molecule has 0 heterocycles. The molecule has 0 aliphatic heterocycles. The third-order valence-electron chi connectivity index (χ3n) is 2.03. The van der Waals surface area contributed by atoms with Crippen molar-refractivity contribution in [2.45, 2.75) is 6.92 Å². The maximum atomic E-state index is 13.7. The fourth-order valence-electron chi connectivity index (χ4n) is 1.23. The molecule has 18 heavy (non-hydrogen) atoms. The van der Waals surface area contributed by atoms with Crippen molar-refractivity contribution in [2.24, 2.45) is 0 Å². The van der Waals surface area contributed by atoms with Gasteiger partial charge in [-0.05, 0) is 6.92 Å². The molecule has 0 radical (unpaired) electrons. The first-order valence-corrected chi connectivity index (χ1v) is 5.24. The van der Waals surface area contributed by atoms with Crippen LogP contribution in [0.15, 0.2) is 6.07 Å². The van der Waals surface area contributed by atoms with Crippen LogP contribution in [0.3, 0.4) is 0 Å². The first-order chi connectivity index (χ1) is 8.43. The number of carbonyl (C=O) groups excluding carboxylic acids is 2. The van der Waals surface area contributed by atoms with E-state index in [4.69, 9.17) is 11.6 Å². The zero-order valence-electron chi connectivity index (χ0n) is 9.55. The highest BCUT2D eigenvalue weighted by Gasteiger charge is 2.28. The Morgan fingerprint density at radius 2 is 2.00 bits per heavy atom. The molecule has 0 saturated heterocycles. The Hall–Kier alpha value is -1.69. The summed E-state index contributed by atoms with van der Waals surface area (Å²) >= 11 is 5.53. The second-order valence-corrected chi connectivity index (χ2v) is 3.49. The molecule has 0 amide bonds. The lowest BCUT2D eigenvalue weighted by Gasteiger charge is -2.08. The summed E-state index contributed by atoms with van der Waals surface area (Å²) in [5.74, 6) is -5.65. The summed E-state index contributed by atoms with van der Waals surface area (Å²) in [6.45, 7) is 1.37. The van der Waals surface area contributed by atoms with E-state index in [0.717, 1.165) is 13.2 Å². The number of hydrogen-bond acceptors (Lipinski definition) is 4. The highest BCUT2D eigenvalue weighted by atomic mass is 35.5. The van der Waals surface area contributed by atoms with Crippen LogP contribution < -0.4 is 4.74 Å². The lowest BCUT2D eigenvalue weighted by Crippen LogP contribution is -2.20. The molecule has 1 aromatic carbocycles. The van der Waals surface area contributed by atoms with E-state index in [1.165, 1.54) is 6.92 Å². The summed E-state index contributed by atoms with van der Waals surface area (Å²) in [4.78, 5) is 22.6. The number of methoxy groups -OCH3 is 1. The number of carbonyl (C=O) groups is 2. The van der Waals surface area contributed by atoms with Gasteiger partial charge in [0.2, 0.25) is 0 Å². The first-order valence-electron chi connectivity index (χ1n) is 4.86. The minimum Gasteiger partial charge on any atom is -0.495 e. The third kappa shape index (κ3) is 2.59. The number of ketones is 1. The molecule has 0 atom stereocenters. The lowest BCUT2D eigenvalue weighted by molar-refractivity contribution is -0.137. The summed E-state index contributed by atoms with van der Waals surface area (Å²) in [7, 11) is 1.16. The summed E-state index contributed by atoms with van der Waals surface area (Å²) in [5.41, 5.74) is -1.06. The number of Topliss-reactive ketones (excluding diaryl/α,β-unsaturated/α-hetero) is 1. The van der Waals surface area contributed by atoms with Gasteiger partial charge in [-0.25, -0.2) is 13.6 Å². The SMILES string of the molecule is CCOC(=O)C(=O)c1c(F)cc(OC)c(Cl)c1F. The van der Waals surface area contributed by atoms with Crippen LogP contribution in [0.4, 0.5) is 8.78 Å². The van der Waals surface area contributed by atoms with Crippen molar-refractivity contribution >= 4 is 23.4 Å². The van der Waals surface area contributed by atoms with Crippen molar-refractivity contribution in [3.05, 3.63) is 28.3 Å². The molecule has 0 spiro atoms. The highest BCUT2D eigenvalue weighted by Crippen LogP contribution is 2.31. The molecule has 1 rings (SSSR count). The largest absolute Gasteiger partial charge is 0.495 e. The molecular weight excluding hydrogens is 270 g/mol. The van der Waals surface area contributed by atoms with E-state index in [9.17, 15) is 18.4 Å². The van der Waals surface area contributed by atoms with Crippen molar-refractivity contribution in [1.29, 1.82) is 0 Å². The summed E-state index contributed by atoms with van der Waals surface area (Å²) in [6.07, 6.45) is 0. The average molecular weight is 279 g/mol. The first kappa shape index (κ1) is 14.4. The summed E-state index contributed by atoms with van der Waals surface area (Å²) in [6, 6.07) is 0.720. The van der Waals surface area contributed by atoms with Crippen LogP contribution >= 0.6 is 11.6 Å². The van der Waals surface area contributed by atoms with Crippen molar-refractivity contribution in [1.82, 2.24) is 0 Å². The average Bonchev–Trinajstić information content (AvgIpc) is 2.34. The van der Waals surface area contributed by atoms with Crippen molar-refractivity contribution in [3.63, 3.8) is 0 Å². The van der Waals surface area contributed by atoms with E-state index >= 15 is 0 Å². The Morgan fingerprint density at radius 1 is 1.39 bits per heavy atom. The zero-order chi connectivity index (χ0) is 13.9. The van der Waals surface area contributed by atoms with Gasteiger partial charge in [0.15, 0.2) is 5.82 Å². The van der Waals surface area contributed by atoms with Gasteiger partial charge in [0.05, 0.1) is 13.7 Å². The van der Waals surface area contributed by atoms with E-state index < -0.39 is 34.0 Å². The topological polar surface area (TPSA) is 52.6 Å². The Morgan fingerprint density at radius 3 is 2.50 bits per heavy atom. The third-order valence-corrected chi connectivity index (χ3v) is 2.39. The predicted octanol–water partition coefficient (Wildman–Crippen LogP) is 2.37. The van der Waals surface area contributed by atoms with Gasteiger partial charge in [-0.2, -0.15) is 0 Å².